The molecule has 17 heavy (non-hydrogen) atoms. The highest BCUT2D eigenvalue weighted by molar-refractivity contribution is 9.10. The van der Waals surface area contributed by atoms with E-state index in [9.17, 15) is 9.90 Å². The summed E-state index contributed by atoms with van der Waals surface area (Å²) in [5, 5.41) is 9.86. The van der Waals surface area contributed by atoms with Crippen LogP contribution in [0.25, 0.3) is 0 Å². The molecule has 6 heteroatoms. The Bertz CT molecular complexity index is 488. The average Bonchev–Trinajstić information content (AvgIpc) is 2.81. The second-order valence-electron chi connectivity index (χ2n) is 3.67. The smallest absolute Gasteiger partial charge is 0.330 e. The first-order chi connectivity index (χ1) is 8.13. The van der Waals surface area contributed by atoms with E-state index < -0.39 is 6.04 Å². The van der Waals surface area contributed by atoms with Crippen molar-refractivity contribution in [3.8, 4) is 5.75 Å². The van der Waals surface area contributed by atoms with Crippen LogP contribution in [-0.2, 0) is 9.53 Å². The van der Waals surface area contributed by atoms with Gasteiger partial charge in [0.15, 0.2) is 0 Å². The molecule has 0 amide bonds. The number of carbonyl (C=O) groups excluding carboxylic acids is 1. The largest absolute Gasteiger partial charge is 0.506 e. The van der Waals surface area contributed by atoms with Gasteiger partial charge in [0.05, 0.1) is 17.1 Å². The fourth-order valence-electron chi connectivity index (χ4n) is 1.74. The molecule has 0 radical (unpaired) electrons. The number of rotatable bonds is 2. The van der Waals surface area contributed by atoms with Crippen molar-refractivity contribution in [3.63, 3.8) is 0 Å². The predicted octanol–water partition coefficient (Wildman–Crippen LogP) is 1.67. The van der Waals surface area contributed by atoms with Crippen LogP contribution in [0.15, 0.2) is 21.9 Å². The standard InChI is InChI=1S/C11H11BrN2O3/c1-17-11(16)9-3-2-8(14-9)6-4-13-5-7(12)10(6)15/h4-5,9H,2-3H2,1H3,(H,13,15)/t9-/m1/s1. The molecule has 5 nitrogen and oxygen atoms in total. The van der Waals surface area contributed by atoms with E-state index in [1.165, 1.54) is 13.3 Å². The number of esters is 1. The Balaban J connectivity index is 2.30. The van der Waals surface area contributed by atoms with Crippen LogP contribution in [0, 0.1) is 0 Å². The third-order valence-corrected chi connectivity index (χ3v) is 3.20. The lowest BCUT2D eigenvalue weighted by Crippen LogP contribution is -2.16. The number of aliphatic imine (C=N–C) groups is 1. The van der Waals surface area contributed by atoms with Crippen molar-refractivity contribution in [2.75, 3.05) is 7.11 Å². The van der Waals surface area contributed by atoms with Gasteiger partial charge in [-0.2, -0.15) is 0 Å². The number of hydrogen-bond acceptors (Lipinski definition) is 5. The molecule has 1 aromatic rings. The number of hydrogen-bond donors (Lipinski definition) is 1. The van der Waals surface area contributed by atoms with E-state index in [0.29, 0.717) is 28.6 Å². The average molecular weight is 299 g/mol. The predicted molar refractivity (Wildman–Crippen MR) is 65.2 cm³/mol. The summed E-state index contributed by atoms with van der Waals surface area (Å²) in [7, 11) is 1.34. The SMILES string of the molecule is COC(=O)[C@H]1CCC(c2cncc(Br)c2O)=N1. The molecule has 0 spiro atoms. The van der Waals surface area contributed by atoms with Crippen molar-refractivity contribution in [1.29, 1.82) is 0 Å². The molecule has 2 heterocycles. The molecule has 1 atom stereocenters. The van der Waals surface area contributed by atoms with E-state index in [-0.39, 0.29) is 11.7 Å². The highest BCUT2D eigenvalue weighted by atomic mass is 79.9. The maximum absolute atomic E-state index is 11.3. The van der Waals surface area contributed by atoms with E-state index in [1.54, 1.807) is 6.20 Å². The van der Waals surface area contributed by atoms with Gasteiger partial charge in [-0.3, -0.25) is 9.98 Å². The van der Waals surface area contributed by atoms with E-state index in [2.05, 4.69) is 30.6 Å². The Morgan fingerprint density at radius 1 is 1.59 bits per heavy atom. The van der Waals surface area contributed by atoms with Crippen LogP contribution in [0.4, 0.5) is 0 Å². The Labute approximate surface area is 107 Å². The minimum absolute atomic E-state index is 0.101. The number of methoxy groups -OCH3 is 1. The number of aromatic hydroxyl groups is 1. The quantitative estimate of drug-likeness (QED) is 0.843. The summed E-state index contributed by atoms with van der Waals surface area (Å²) < 4.78 is 5.15. The molecular weight excluding hydrogens is 288 g/mol. The minimum Gasteiger partial charge on any atom is -0.506 e. The van der Waals surface area contributed by atoms with Crippen molar-refractivity contribution >= 4 is 27.6 Å². The van der Waals surface area contributed by atoms with Gasteiger partial charge in [-0.25, -0.2) is 4.79 Å². The second kappa shape index (κ2) is 4.83. The van der Waals surface area contributed by atoms with Gasteiger partial charge >= 0.3 is 5.97 Å². The van der Waals surface area contributed by atoms with E-state index in [4.69, 9.17) is 0 Å². The fourth-order valence-corrected chi connectivity index (χ4v) is 2.07. The maximum atomic E-state index is 11.3. The molecule has 1 aliphatic rings. The minimum atomic E-state index is -0.464. The Hall–Kier alpha value is -1.43. The third-order valence-electron chi connectivity index (χ3n) is 2.62. The highest BCUT2D eigenvalue weighted by Crippen LogP contribution is 2.30. The van der Waals surface area contributed by atoms with E-state index >= 15 is 0 Å². The third kappa shape index (κ3) is 2.31. The van der Waals surface area contributed by atoms with Gasteiger partial charge in [0.2, 0.25) is 0 Å². The van der Waals surface area contributed by atoms with Crippen molar-refractivity contribution in [3.05, 3.63) is 22.4 Å². The van der Waals surface area contributed by atoms with Gasteiger partial charge in [-0.15, -0.1) is 0 Å². The van der Waals surface area contributed by atoms with E-state index in [1.807, 2.05) is 0 Å². The molecular formula is C11H11BrN2O3. The van der Waals surface area contributed by atoms with Crippen LogP contribution in [-0.4, -0.2) is 34.9 Å². The molecule has 0 bridgehead atoms. The molecule has 0 aliphatic carbocycles. The topological polar surface area (TPSA) is 71.8 Å². The van der Waals surface area contributed by atoms with Crippen molar-refractivity contribution < 1.29 is 14.6 Å². The molecule has 90 valence electrons. The monoisotopic (exact) mass is 298 g/mol. The van der Waals surface area contributed by atoms with Crippen LogP contribution >= 0.6 is 15.9 Å². The molecule has 0 fully saturated rings. The second-order valence-corrected chi connectivity index (χ2v) is 4.53. The van der Waals surface area contributed by atoms with Crippen LogP contribution < -0.4 is 0 Å². The summed E-state index contributed by atoms with van der Waals surface area (Å²) in [5.74, 6) is -0.244. The number of pyridine rings is 1. The summed E-state index contributed by atoms with van der Waals surface area (Å²) >= 11 is 3.19. The molecule has 0 aromatic carbocycles. The van der Waals surface area contributed by atoms with Crippen LogP contribution in [0.3, 0.4) is 0 Å². The zero-order valence-corrected chi connectivity index (χ0v) is 10.8. The first-order valence-corrected chi connectivity index (χ1v) is 5.90. The number of aromatic nitrogens is 1. The highest BCUT2D eigenvalue weighted by Gasteiger charge is 2.27. The van der Waals surface area contributed by atoms with Crippen molar-refractivity contribution in [1.82, 2.24) is 4.98 Å². The van der Waals surface area contributed by atoms with Crippen LogP contribution in [0.1, 0.15) is 18.4 Å². The molecule has 0 unspecified atom stereocenters. The Morgan fingerprint density at radius 3 is 3.06 bits per heavy atom. The van der Waals surface area contributed by atoms with Gasteiger partial charge in [0.1, 0.15) is 11.8 Å². The summed E-state index contributed by atoms with van der Waals surface area (Å²) in [6.45, 7) is 0. The zero-order valence-electron chi connectivity index (χ0n) is 9.18. The first-order valence-electron chi connectivity index (χ1n) is 5.11. The van der Waals surface area contributed by atoms with Gasteiger partial charge in [0, 0.05) is 18.1 Å². The summed E-state index contributed by atoms with van der Waals surface area (Å²) in [5.41, 5.74) is 1.25. The molecule has 1 aromatic heterocycles. The number of halogens is 1. The Morgan fingerprint density at radius 2 is 2.35 bits per heavy atom. The number of ether oxygens (including phenoxy) is 1. The number of carbonyl (C=O) groups is 1. The van der Waals surface area contributed by atoms with Gasteiger partial charge in [0.25, 0.3) is 0 Å². The van der Waals surface area contributed by atoms with Crippen molar-refractivity contribution in [2.24, 2.45) is 4.99 Å². The van der Waals surface area contributed by atoms with E-state index in [0.717, 1.165) is 0 Å². The first kappa shape index (κ1) is 12.0. The summed E-state index contributed by atoms with van der Waals surface area (Å²) in [6.07, 6.45) is 4.28. The fraction of sp³-hybridized carbons (Fsp3) is 0.364. The maximum Gasteiger partial charge on any atom is 0.330 e. The van der Waals surface area contributed by atoms with Crippen LogP contribution in [0.2, 0.25) is 0 Å². The normalized spacial score (nSPS) is 18.9. The molecule has 0 saturated heterocycles. The molecule has 2 rings (SSSR count). The lowest BCUT2D eigenvalue weighted by atomic mass is 10.1. The lowest BCUT2D eigenvalue weighted by Gasteiger charge is -2.04. The molecule has 1 aliphatic heterocycles. The van der Waals surface area contributed by atoms with Gasteiger partial charge in [-0.05, 0) is 28.8 Å². The Kier molecular flexibility index (Phi) is 3.42. The van der Waals surface area contributed by atoms with Gasteiger partial charge < -0.3 is 9.84 Å². The molecule has 0 saturated carbocycles. The van der Waals surface area contributed by atoms with Crippen LogP contribution in [0.5, 0.6) is 5.75 Å². The zero-order chi connectivity index (χ0) is 12.4. The van der Waals surface area contributed by atoms with Gasteiger partial charge in [-0.1, -0.05) is 0 Å². The molecule has 1 N–H and O–H groups in total. The number of nitrogens with zero attached hydrogens (tertiary/aromatic N) is 2. The summed E-state index contributed by atoms with van der Waals surface area (Å²) in [6, 6.07) is -0.464. The summed E-state index contributed by atoms with van der Waals surface area (Å²) in [4.78, 5) is 19.6. The lowest BCUT2D eigenvalue weighted by molar-refractivity contribution is -0.141. The van der Waals surface area contributed by atoms with Crippen molar-refractivity contribution in [2.45, 2.75) is 18.9 Å².